The average Bonchev–Trinajstić information content (AvgIpc) is 2.99. The summed E-state index contributed by atoms with van der Waals surface area (Å²) in [5.41, 5.74) is 2.06. The fraction of sp³-hybridized carbons (Fsp3) is 0.529. The Morgan fingerprint density at radius 2 is 2.00 bits per heavy atom. The van der Waals surface area contributed by atoms with Crippen LogP contribution in [0.25, 0.3) is 0 Å². The van der Waals surface area contributed by atoms with Gasteiger partial charge in [-0.3, -0.25) is 4.79 Å². The third kappa shape index (κ3) is 3.05. The summed E-state index contributed by atoms with van der Waals surface area (Å²) in [6.45, 7) is 0.400. The second-order valence-corrected chi connectivity index (χ2v) is 7.17. The van der Waals surface area contributed by atoms with Crippen LogP contribution in [0.4, 0.5) is 0 Å². The Bertz CT molecular complexity index is 596. The number of carbonyl (C=O) groups is 2. The van der Waals surface area contributed by atoms with Crippen molar-refractivity contribution in [1.29, 1.82) is 0 Å². The third-order valence-electron chi connectivity index (χ3n) is 4.87. The van der Waals surface area contributed by atoms with Gasteiger partial charge in [-0.05, 0) is 36.0 Å². The van der Waals surface area contributed by atoms with Crippen LogP contribution in [0.1, 0.15) is 43.2 Å². The highest BCUT2D eigenvalue weighted by Crippen LogP contribution is 2.32. The normalized spacial score (nSPS) is 21.7. The van der Waals surface area contributed by atoms with Crippen molar-refractivity contribution in [2.75, 3.05) is 0 Å². The van der Waals surface area contributed by atoms with E-state index in [2.05, 4.69) is 15.9 Å². The highest BCUT2D eigenvalue weighted by atomic mass is 79.9. The Morgan fingerprint density at radius 1 is 1.27 bits per heavy atom. The van der Waals surface area contributed by atoms with Gasteiger partial charge in [0.05, 0.1) is 0 Å². The molecule has 1 aromatic rings. The monoisotopic (exact) mass is 365 g/mol. The summed E-state index contributed by atoms with van der Waals surface area (Å²) >= 11 is 3.49. The first-order chi connectivity index (χ1) is 10.6. The molecule has 1 aliphatic carbocycles. The Kier molecular flexibility index (Phi) is 4.52. The molecule has 1 atom stereocenters. The number of hydrogen-bond donors (Lipinski definition) is 1. The molecule has 1 heterocycles. The van der Waals surface area contributed by atoms with Gasteiger partial charge in [-0.1, -0.05) is 40.9 Å². The van der Waals surface area contributed by atoms with Crippen LogP contribution < -0.4 is 0 Å². The van der Waals surface area contributed by atoms with E-state index in [9.17, 15) is 14.7 Å². The molecule has 22 heavy (non-hydrogen) atoms. The summed E-state index contributed by atoms with van der Waals surface area (Å²) in [7, 11) is 0. The standard InChI is InChI=1S/C17H20BrNO3/c18-14-7-3-6-12-10-19(15(17(21)22)9-13(12)14)16(20)8-11-4-1-2-5-11/h3,6-7,11,15H,1-2,4-5,8-10H2,(H,21,22). The van der Waals surface area contributed by atoms with Gasteiger partial charge in [-0.25, -0.2) is 4.79 Å². The zero-order valence-corrected chi connectivity index (χ0v) is 14.0. The number of nitrogens with zero attached hydrogens (tertiary/aromatic N) is 1. The average molecular weight is 366 g/mol. The predicted octanol–water partition coefficient (Wildman–Crippen LogP) is 3.37. The van der Waals surface area contributed by atoms with Crippen molar-refractivity contribution in [3.63, 3.8) is 0 Å². The van der Waals surface area contributed by atoms with Crippen LogP contribution in [0.5, 0.6) is 0 Å². The maximum Gasteiger partial charge on any atom is 0.326 e. The number of carbonyl (C=O) groups excluding carboxylic acids is 1. The van der Waals surface area contributed by atoms with Crippen LogP contribution in [0, 0.1) is 5.92 Å². The molecule has 0 aromatic heterocycles. The van der Waals surface area contributed by atoms with Gasteiger partial charge >= 0.3 is 5.97 Å². The number of carboxylic acids is 1. The van der Waals surface area contributed by atoms with Gasteiger partial charge in [0, 0.05) is 23.9 Å². The topological polar surface area (TPSA) is 57.6 Å². The van der Waals surface area contributed by atoms with E-state index in [1.807, 2.05) is 18.2 Å². The second-order valence-electron chi connectivity index (χ2n) is 6.31. The van der Waals surface area contributed by atoms with E-state index >= 15 is 0 Å². The van der Waals surface area contributed by atoms with Crippen LogP contribution in [0.3, 0.4) is 0 Å². The molecular weight excluding hydrogens is 346 g/mol. The Morgan fingerprint density at radius 3 is 2.68 bits per heavy atom. The molecule has 3 rings (SSSR count). The Labute approximate surface area is 138 Å². The number of fused-ring (bicyclic) bond motifs is 1. The van der Waals surface area contributed by atoms with Crippen molar-refractivity contribution in [2.45, 2.75) is 51.1 Å². The van der Waals surface area contributed by atoms with E-state index in [1.54, 1.807) is 4.90 Å². The smallest absolute Gasteiger partial charge is 0.326 e. The fourth-order valence-corrected chi connectivity index (χ4v) is 4.21. The minimum absolute atomic E-state index is 0.00933. The second kappa shape index (κ2) is 6.41. The number of benzene rings is 1. The van der Waals surface area contributed by atoms with Gasteiger partial charge in [-0.2, -0.15) is 0 Å². The lowest BCUT2D eigenvalue weighted by Gasteiger charge is -2.35. The minimum atomic E-state index is -0.916. The van der Waals surface area contributed by atoms with Crippen molar-refractivity contribution in [3.8, 4) is 0 Å². The fourth-order valence-electron chi connectivity index (χ4n) is 3.64. The molecular formula is C17H20BrNO3. The molecule has 1 amide bonds. The van der Waals surface area contributed by atoms with Crippen molar-refractivity contribution in [2.24, 2.45) is 5.92 Å². The number of halogens is 1. The van der Waals surface area contributed by atoms with Crippen LogP contribution in [-0.2, 0) is 22.6 Å². The van der Waals surface area contributed by atoms with Crippen molar-refractivity contribution >= 4 is 27.8 Å². The molecule has 0 bridgehead atoms. The van der Waals surface area contributed by atoms with E-state index in [1.165, 1.54) is 12.8 Å². The lowest BCUT2D eigenvalue weighted by molar-refractivity contribution is -0.151. The maximum atomic E-state index is 12.6. The Balaban J connectivity index is 1.82. The summed E-state index contributed by atoms with van der Waals surface area (Å²) < 4.78 is 0.930. The molecule has 1 aromatic carbocycles. The number of rotatable bonds is 3. The third-order valence-corrected chi connectivity index (χ3v) is 5.62. The molecule has 2 aliphatic rings. The zero-order chi connectivity index (χ0) is 15.7. The first kappa shape index (κ1) is 15.5. The summed E-state index contributed by atoms with van der Waals surface area (Å²) in [6.07, 6.45) is 5.45. The van der Waals surface area contributed by atoms with E-state index in [0.717, 1.165) is 28.4 Å². The van der Waals surface area contributed by atoms with E-state index in [4.69, 9.17) is 0 Å². The van der Waals surface area contributed by atoms with Gasteiger partial charge in [-0.15, -0.1) is 0 Å². The van der Waals surface area contributed by atoms with E-state index in [-0.39, 0.29) is 5.91 Å². The number of carboxylic acid groups (broad SMARTS) is 1. The molecule has 0 radical (unpaired) electrons. The van der Waals surface area contributed by atoms with E-state index in [0.29, 0.717) is 25.3 Å². The van der Waals surface area contributed by atoms with Crippen molar-refractivity contribution in [1.82, 2.24) is 4.90 Å². The molecule has 118 valence electrons. The SMILES string of the molecule is O=C(O)C1Cc2c(Br)cccc2CN1C(=O)CC1CCCC1. The van der Waals surface area contributed by atoms with Crippen LogP contribution in [0.2, 0.25) is 0 Å². The van der Waals surface area contributed by atoms with Gasteiger partial charge in [0.25, 0.3) is 0 Å². The molecule has 1 N–H and O–H groups in total. The van der Waals surface area contributed by atoms with Crippen LogP contribution in [-0.4, -0.2) is 27.9 Å². The lowest BCUT2D eigenvalue weighted by atomic mass is 9.92. The Hall–Kier alpha value is -1.36. The molecule has 4 nitrogen and oxygen atoms in total. The zero-order valence-electron chi connectivity index (χ0n) is 12.4. The summed E-state index contributed by atoms with van der Waals surface area (Å²) in [5.74, 6) is -0.489. The summed E-state index contributed by atoms with van der Waals surface area (Å²) in [4.78, 5) is 25.8. The highest BCUT2D eigenvalue weighted by molar-refractivity contribution is 9.10. The maximum absolute atomic E-state index is 12.6. The van der Waals surface area contributed by atoms with Crippen molar-refractivity contribution in [3.05, 3.63) is 33.8 Å². The molecule has 1 unspecified atom stereocenters. The van der Waals surface area contributed by atoms with Gasteiger partial charge < -0.3 is 10.0 Å². The molecule has 5 heteroatoms. The van der Waals surface area contributed by atoms with Crippen LogP contribution in [0.15, 0.2) is 22.7 Å². The van der Waals surface area contributed by atoms with Crippen molar-refractivity contribution < 1.29 is 14.7 Å². The first-order valence-electron chi connectivity index (χ1n) is 7.85. The quantitative estimate of drug-likeness (QED) is 0.893. The molecule has 1 saturated carbocycles. The summed E-state index contributed by atoms with van der Waals surface area (Å²) in [6, 6.07) is 5.09. The van der Waals surface area contributed by atoms with Crippen LogP contribution >= 0.6 is 15.9 Å². The molecule has 0 saturated heterocycles. The van der Waals surface area contributed by atoms with Gasteiger partial charge in [0.2, 0.25) is 5.91 Å². The number of amides is 1. The van der Waals surface area contributed by atoms with Gasteiger partial charge in [0.15, 0.2) is 0 Å². The minimum Gasteiger partial charge on any atom is -0.480 e. The molecule has 0 spiro atoms. The van der Waals surface area contributed by atoms with E-state index < -0.39 is 12.0 Å². The first-order valence-corrected chi connectivity index (χ1v) is 8.64. The number of aliphatic carboxylic acids is 1. The lowest BCUT2D eigenvalue weighted by Crippen LogP contribution is -2.49. The predicted molar refractivity (Wildman–Crippen MR) is 86.4 cm³/mol. The largest absolute Gasteiger partial charge is 0.480 e. The molecule has 1 aliphatic heterocycles. The molecule has 1 fully saturated rings. The number of hydrogen-bond acceptors (Lipinski definition) is 2. The van der Waals surface area contributed by atoms with Gasteiger partial charge in [0.1, 0.15) is 6.04 Å². The highest BCUT2D eigenvalue weighted by Gasteiger charge is 2.36. The summed E-state index contributed by atoms with van der Waals surface area (Å²) in [5, 5.41) is 9.53.